The molecule has 0 spiro atoms. The van der Waals surface area contributed by atoms with Crippen LogP contribution < -0.4 is 9.62 Å². The van der Waals surface area contributed by atoms with E-state index in [0.717, 1.165) is 21.0 Å². The monoisotopic (exact) mass is 521 g/mol. The first-order valence-electron chi connectivity index (χ1n) is 12.4. The van der Waals surface area contributed by atoms with Crippen LogP contribution in [0.3, 0.4) is 0 Å². The lowest BCUT2D eigenvalue weighted by Crippen LogP contribution is -2.52. The van der Waals surface area contributed by atoms with Gasteiger partial charge in [-0.1, -0.05) is 73.2 Å². The molecule has 7 nitrogen and oxygen atoms in total. The van der Waals surface area contributed by atoms with Gasteiger partial charge in [-0.15, -0.1) is 0 Å². The zero-order valence-corrected chi connectivity index (χ0v) is 22.7. The van der Waals surface area contributed by atoms with Crippen LogP contribution in [0.4, 0.5) is 5.69 Å². The maximum Gasteiger partial charge on any atom is 0.264 e. The van der Waals surface area contributed by atoms with Crippen molar-refractivity contribution >= 4 is 27.5 Å². The Morgan fingerprint density at radius 3 is 2.11 bits per heavy atom. The summed E-state index contributed by atoms with van der Waals surface area (Å²) in [6.45, 7) is 5.45. The van der Waals surface area contributed by atoms with Crippen molar-refractivity contribution in [1.82, 2.24) is 10.2 Å². The van der Waals surface area contributed by atoms with Gasteiger partial charge in [0.05, 0.1) is 10.6 Å². The highest BCUT2D eigenvalue weighted by Crippen LogP contribution is 2.28. The summed E-state index contributed by atoms with van der Waals surface area (Å²) in [4.78, 5) is 28.2. The molecule has 37 heavy (non-hydrogen) atoms. The third kappa shape index (κ3) is 6.77. The Hall–Kier alpha value is -3.65. The fourth-order valence-corrected chi connectivity index (χ4v) is 5.88. The summed E-state index contributed by atoms with van der Waals surface area (Å²) >= 11 is 0. The van der Waals surface area contributed by atoms with Crippen LogP contribution in [-0.4, -0.2) is 51.3 Å². The summed E-state index contributed by atoms with van der Waals surface area (Å²) in [7, 11) is -2.52. The lowest BCUT2D eigenvalue weighted by atomic mass is 10.1. The lowest BCUT2D eigenvalue weighted by Gasteiger charge is -2.33. The van der Waals surface area contributed by atoms with Gasteiger partial charge in [0, 0.05) is 13.6 Å². The Morgan fingerprint density at radius 2 is 1.54 bits per heavy atom. The molecule has 0 radical (unpaired) electrons. The van der Waals surface area contributed by atoms with Gasteiger partial charge in [0.2, 0.25) is 11.8 Å². The first-order chi connectivity index (χ1) is 17.7. The summed E-state index contributed by atoms with van der Waals surface area (Å²) in [6, 6.07) is 22.5. The van der Waals surface area contributed by atoms with Gasteiger partial charge < -0.3 is 10.2 Å². The number of nitrogens with one attached hydrogen (secondary N) is 1. The molecule has 3 aromatic carbocycles. The Morgan fingerprint density at radius 1 is 0.919 bits per heavy atom. The number of carbonyl (C=O) groups excluding carboxylic acids is 2. The van der Waals surface area contributed by atoms with Crippen molar-refractivity contribution in [3.63, 3.8) is 0 Å². The highest BCUT2D eigenvalue weighted by Gasteiger charge is 2.33. The highest BCUT2D eigenvalue weighted by molar-refractivity contribution is 7.92. The number of amides is 2. The molecule has 1 N–H and O–H groups in total. The Balaban J connectivity index is 2.02. The molecule has 0 bridgehead atoms. The topological polar surface area (TPSA) is 86.8 Å². The van der Waals surface area contributed by atoms with Crippen LogP contribution in [0.1, 0.15) is 30.0 Å². The van der Waals surface area contributed by atoms with Crippen LogP contribution in [0.25, 0.3) is 0 Å². The van der Waals surface area contributed by atoms with Gasteiger partial charge in [0.25, 0.3) is 10.0 Å². The zero-order chi connectivity index (χ0) is 27.0. The predicted octanol–water partition coefficient (Wildman–Crippen LogP) is 4.09. The van der Waals surface area contributed by atoms with E-state index < -0.39 is 28.5 Å². The molecular weight excluding hydrogens is 486 g/mol. The molecule has 1 atom stereocenters. The number of nitrogens with zero attached hydrogens (tertiary/aromatic N) is 2. The second-order valence-electron chi connectivity index (χ2n) is 8.98. The number of anilines is 1. The van der Waals surface area contributed by atoms with E-state index in [1.807, 2.05) is 63.2 Å². The quantitative estimate of drug-likeness (QED) is 0.412. The molecule has 3 aromatic rings. The summed E-state index contributed by atoms with van der Waals surface area (Å²) < 4.78 is 28.8. The summed E-state index contributed by atoms with van der Waals surface area (Å²) in [5.41, 5.74) is 3.18. The molecule has 0 saturated carbocycles. The second kappa shape index (κ2) is 12.5. The van der Waals surface area contributed by atoms with E-state index in [-0.39, 0.29) is 17.3 Å². The maximum atomic E-state index is 13.9. The Bertz CT molecular complexity index is 1310. The van der Waals surface area contributed by atoms with Crippen molar-refractivity contribution in [2.75, 3.05) is 24.4 Å². The van der Waals surface area contributed by atoms with Gasteiger partial charge in [-0.25, -0.2) is 8.42 Å². The van der Waals surface area contributed by atoms with Crippen LogP contribution in [0.15, 0.2) is 83.8 Å². The number of rotatable bonds is 11. The minimum absolute atomic E-state index is 0.0944. The number of likely N-dealkylation sites (N-methyl/N-ethyl adjacent to an activating group) is 1. The average molecular weight is 522 g/mol. The fraction of sp³-hybridized carbons (Fsp3) is 0.310. The number of sulfonamides is 1. The number of hydrogen-bond donors (Lipinski definition) is 1. The smallest absolute Gasteiger partial charge is 0.264 e. The number of aryl methyl sites for hydroxylation is 2. The number of benzene rings is 3. The molecule has 3 rings (SSSR count). The van der Waals surface area contributed by atoms with E-state index in [0.29, 0.717) is 18.5 Å². The summed E-state index contributed by atoms with van der Waals surface area (Å²) in [5, 5.41) is 2.64. The molecule has 0 unspecified atom stereocenters. The molecule has 0 saturated heterocycles. The molecule has 8 heteroatoms. The molecule has 2 amide bonds. The Labute approximate surface area is 220 Å². The third-order valence-electron chi connectivity index (χ3n) is 6.35. The van der Waals surface area contributed by atoms with Crippen LogP contribution >= 0.6 is 0 Å². The third-order valence-corrected chi connectivity index (χ3v) is 8.12. The molecular formula is C29H35N3O4S. The summed E-state index contributed by atoms with van der Waals surface area (Å²) in [5.74, 6) is -0.723. The molecule has 196 valence electrons. The maximum absolute atomic E-state index is 13.9. The van der Waals surface area contributed by atoms with Crippen molar-refractivity contribution < 1.29 is 18.0 Å². The van der Waals surface area contributed by atoms with Gasteiger partial charge in [-0.05, 0) is 56.0 Å². The van der Waals surface area contributed by atoms with E-state index in [1.54, 1.807) is 24.3 Å². The van der Waals surface area contributed by atoms with Gasteiger partial charge >= 0.3 is 0 Å². The van der Waals surface area contributed by atoms with Crippen molar-refractivity contribution in [3.05, 3.63) is 95.6 Å². The average Bonchev–Trinajstić information content (AvgIpc) is 2.90. The largest absolute Gasteiger partial charge is 0.357 e. The van der Waals surface area contributed by atoms with Crippen molar-refractivity contribution in [1.29, 1.82) is 0 Å². The van der Waals surface area contributed by atoms with Gasteiger partial charge in [-0.3, -0.25) is 13.9 Å². The fourth-order valence-electron chi connectivity index (χ4n) is 4.38. The highest BCUT2D eigenvalue weighted by atomic mass is 32.2. The van der Waals surface area contributed by atoms with Gasteiger partial charge in [0.1, 0.15) is 12.6 Å². The number of hydrogen-bond acceptors (Lipinski definition) is 4. The van der Waals surface area contributed by atoms with E-state index >= 15 is 0 Å². The zero-order valence-electron chi connectivity index (χ0n) is 21.8. The molecule has 0 heterocycles. The van der Waals surface area contributed by atoms with Crippen LogP contribution in [0.2, 0.25) is 0 Å². The SMILES string of the molecule is CC[C@@H](C(=O)NC)N(CCc1ccccc1)C(=O)CN(c1ccc(C)cc1C)S(=O)(=O)c1ccccc1. The standard InChI is InChI=1S/C29H35N3O4S/c1-5-26(29(34)30-4)31(19-18-24-12-8-6-9-13-24)28(33)21-32(27-17-16-22(2)20-23(27)3)37(35,36)25-14-10-7-11-15-25/h6-17,20,26H,5,18-19,21H2,1-4H3,(H,30,34)/t26-/m0/s1. The van der Waals surface area contributed by atoms with Crippen molar-refractivity contribution in [2.24, 2.45) is 0 Å². The van der Waals surface area contributed by atoms with Crippen LogP contribution in [0.5, 0.6) is 0 Å². The molecule has 0 aliphatic carbocycles. The first-order valence-corrected chi connectivity index (χ1v) is 13.8. The Kier molecular flexibility index (Phi) is 9.47. The molecule has 0 aromatic heterocycles. The van der Waals surface area contributed by atoms with Crippen LogP contribution in [-0.2, 0) is 26.0 Å². The van der Waals surface area contributed by atoms with Crippen molar-refractivity contribution in [3.8, 4) is 0 Å². The number of carbonyl (C=O) groups is 2. The van der Waals surface area contributed by atoms with E-state index in [4.69, 9.17) is 0 Å². The van der Waals surface area contributed by atoms with E-state index in [9.17, 15) is 18.0 Å². The normalized spacial score (nSPS) is 12.0. The van der Waals surface area contributed by atoms with Gasteiger partial charge in [-0.2, -0.15) is 0 Å². The van der Waals surface area contributed by atoms with Gasteiger partial charge in [0.15, 0.2) is 0 Å². The predicted molar refractivity (Wildman–Crippen MR) is 147 cm³/mol. The van der Waals surface area contributed by atoms with E-state index in [2.05, 4.69) is 5.32 Å². The lowest BCUT2D eigenvalue weighted by molar-refractivity contribution is -0.139. The molecule has 0 aliphatic rings. The molecule has 0 aliphatic heterocycles. The second-order valence-corrected chi connectivity index (χ2v) is 10.8. The van der Waals surface area contributed by atoms with Crippen LogP contribution in [0, 0.1) is 13.8 Å². The minimum Gasteiger partial charge on any atom is -0.357 e. The minimum atomic E-state index is -4.06. The molecule has 0 fully saturated rings. The summed E-state index contributed by atoms with van der Waals surface area (Å²) in [6.07, 6.45) is 0.935. The van der Waals surface area contributed by atoms with Crippen molar-refractivity contribution in [2.45, 2.75) is 44.6 Å². The first kappa shape index (κ1) is 27.9. The van der Waals surface area contributed by atoms with E-state index in [1.165, 1.54) is 24.1 Å².